The topological polar surface area (TPSA) is 49.5 Å². The first kappa shape index (κ1) is 10.9. The van der Waals surface area contributed by atoms with E-state index < -0.39 is 5.60 Å². The highest BCUT2D eigenvalue weighted by Gasteiger charge is 2.34. The van der Waals surface area contributed by atoms with Crippen molar-refractivity contribution in [1.29, 1.82) is 0 Å². The molecular formula is C11H17N2OP. The molecular weight excluding hydrogens is 207 g/mol. The largest absolute Gasteiger partial charge is 0.398 e. The van der Waals surface area contributed by atoms with Gasteiger partial charge in [-0.3, -0.25) is 4.67 Å². The van der Waals surface area contributed by atoms with Crippen molar-refractivity contribution in [1.82, 2.24) is 4.67 Å². The van der Waals surface area contributed by atoms with E-state index in [4.69, 9.17) is 5.73 Å². The zero-order valence-corrected chi connectivity index (χ0v) is 9.84. The molecule has 1 atom stereocenters. The second-order valence-corrected chi connectivity index (χ2v) is 4.89. The molecule has 1 heterocycles. The van der Waals surface area contributed by atoms with E-state index in [-0.39, 0.29) is 0 Å². The molecule has 3 nitrogen and oxygen atoms in total. The molecule has 3 N–H and O–H groups in total. The van der Waals surface area contributed by atoms with E-state index >= 15 is 0 Å². The number of para-hydroxylation sites is 1. The summed E-state index contributed by atoms with van der Waals surface area (Å²) in [7, 11) is 2.67. The molecule has 2 rings (SSSR count). The molecule has 1 aromatic carbocycles. The molecule has 0 saturated carbocycles. The highest BCUT2D eigenvalue weighted by Crippen LogP contribution is 2.36. The second kappa shape index (κ2) is 4.09. The van der Waals surface area contributed by atoms with Crippen LogP contribution < -0.4 is 5.73 Å². The van der Waals surface area contributed by atoms with Gasteiger partial charge in [-0.2, -0.15) is 0 Å². The maximum Gasteiger partial charge on any atom is 0.0940 e. The van der Waals surface area contributed by atoms with Gasteiger partial charge in [0, 0.05) is 24.3 Å². The van der Waals surface area contributed by atoms with Gasteiger partial charge in [0.25, 0.3) is 0 Å². The van der Waals surface area contributed by atoms with Gasteiger partial charge in [-0.15, -0.1) is 0 Å². The number of nitrogens with zero attached hydrogens (tertiary/aromatic N) is 1. The Hall–Kier alpha value is -0.630. The van der Waals surface area contributed by atoms with E-state index in [2.05, 4.69) is 14.1 Å². The minimum Gasteiger partial charge on any atom is -0.398 e. The summed E-state index contributed by atoms with van der Waals surface area (Å²) in [5, 5.41) is 10.5. The fourth-order valence-electron chi connectivity index (χ4n) is 2.08. The predicted octanol–water partition coefficient (Wildman–Crippen LogP) is 1.34. The van der Waals surface area contributed by atoms with Crippen LogP contribution in [-0.2, 0) is 5.60 Å². The lowest BCUT2D eigenvalue weighted by Crippen LogP contribution is -2.38. The molecule has 0 bridgehead atoms. The van der Waals surface area contributed by atoms with Crippen molar-refractivity contribution in [3.05, 3.63) is 29.8 Å². The van der Waals surface area contributed by atoms with Crippen LogP contribution in [0.25, 0.3) is 0 Å². The standard InChI is InChI=1S/C11H17N2OP/c12-10-4-2-1-3-9(10)11(14)5-7-13(15)8-6-11/h1-4,14H,5-8,12,15H2. The number of hydrogen-bond donors (Lipinski definition) is 2. The summed E-state index contributed by atoms with van der Waals surface area (Å²) in [6.07, 6.45) is 1.48. The SMILES string of the molecule is Nc1ccccc1C1(O)CCN(P)CC1. The summed E-state index contributed by atoms with van der Waals surface area (Å²) in [6, 6.07) is 7.60. The van der Waals surface area contributed by atoms with Crippen LogP contribution in [0, 0.1) is 0 Å². The molecule has 15 heavy (non-hydrogen) atoms. The Kier molecular flexibility index (Phi) is 2.96. The maximum absolute atomic E-state index is 10.5. The summed E-state index contributed by atoms with van der Waals surface area (Å²) >= 11 is 0. The van der Waals surface area contributed by atoms with Crippen LogP contribution in [0.4, 0.5) is 5.69 Å². The predicted molar refractivity (Wildman–Crippen MR) is 65.3 cm³/mol. The van der Waals surface area contributed by atoms with Gasteiger partial charge in [0.1, 0.15) is 0 Å². The van der Waals surface area contributed by atoms with Gasteiger partial charge in [0.2, 0.25) is 0 Å². The second-order valence-electron chi connectivity index (χ2n) is 4.15. The van der Waals surface area contributed by atoms with Gasteiger partial charge in [-0.1, -0.05) is 27.6 Å². The zero-order valence-electron chi connectivity index (χ0n) is 8.69. The highest BCUT2D eigenvalue weighted by molar-refractivity contribution is 7.13. The van der Waals surface area contributed by atoms with Gasteiger partial charge in [-0.05, 0) is 18.9 Å². The number of anilines is 1. The smallest absolute Gasteiger partial charge is 0.0940 e. The van der Waals surface area contributed by atoms with Crippen LogP contribution in [0.5, 0.6) is 0 Å². The molecule has 0 aliphatic carbocycles. The molecule has 1 unspecified atom stereocenters. The van der Waals surface area contributed by atoms with E-state index in [9.17, 15) is 5.11 Å². The first-order chi connectivity index (χ1) is 7.12. The Morgan fingerprint density at radius 1 is 1.27 bits per heavy atom. The van der Waals surface area contributed by atoms with Gasteiger partial charge >= 0.3 is 0 Å². The van der Waals surface area contributed by atoms with Crippen LogP contribution in [0.3, 0.4) is 0 Å². The first-order valence-electron chi connectivity index (χ1n) is 5.19. The Morgan fingerprint density at radius 2 is 1.87 bits per heavy atom. The Balaban J connectivity index is 2.26. The molecule has 1 aliphatic rings. The first-order valence-corrected chi connectivity index (χ1v) is 5.70. The summed E-state index contributed by atoms with van der Waals surface area (Å²) in [6.45, 7) is 1.77. The summed E-state index contributed by atoms with van der Waals surface area (Å²) in [4.78, 5) is 0. The van der Waals surface area contributed by atoms with Crippen molar-refractivity contribution in [3.8, 4) is 0 Å². The third-order valence-corrected chi connectivity index (χ3v) is 3.60. The maximum atomic E-state index is 10.5. The average molecular weight is 224 g/mol. The number of piperidine rings is 1. The van der Waals surface area contributed by atoms with Crippen LogP contribution >= 0.6 is 9.39 Å². The van der Waals surface area contributed by atoms with Crippen molar-refractivity contribution in [3.63, 3.8) is 0 Å². The summed E-state index contributed by atoms with van der Waals surface area (Å²) < 4.78 is 2.15. The number of nitrogen functional groups attached to an aromatic ring is 1. The average Bonchev–Trinajstić information content (AvgIpc) is 2.23. The van der Waals surface area contributed by atoms with Gasteiger partial charge in [-0.25, -0.2) is 0 Å². The lowest BCUT2D eigenvalue weighted by atomic mass is 9.84. The molecule has 1 aromatic rings. The Bertz CT molecular complexity index is 348. The van der Waals surface area contributed by atoms with Crippen molar-refractivity contribution < 1.29 is 5.11 Å². The molecule has 4 heteroatoms. The number of aliphatic hydroxyl groups is 1. The van der Waals surface area contributed by atoms with Crippen LogP contribution in [0.2, 0.25) is 0 Å². The lowest BCUT2D eigenvalue weighted by molar-refractivity contribution is -0.00757. The quantitative estimate of drug-likeness (QED) is 0.559. The number of nitrogens with two attached hydrogens (primary N) is 1. The Labute approximate surface area is 92.5 Å². The van der Waals surface area contributed by atoms with E-state index in [1.165, 1.54) is 0 Å². The van der Waals surface area contributed by atoms with E-state index in [1.807, 2.05) is 24.3 Å². The van der Waals surface area contributed by atoms with Crippen molar-refractivity contribution in [2.75, 3.05) is 18.8 Å². The summed E-state index contributed by atoms with van der Waals surface area (Å²) in [5.74, 6) is 0. The lowest BCUT2D eigenvalue weighted by Gasteiger charge is -2.37. The number of benzene rings is 1. The van der Waals surface area contributed by atoms with Crippen LogP contribution in [-0.4, -0.2) is 22.9 Å². The molecule has 0 amide bonds. The van der Waals surface area contributed by atoms with Crippen LogP contribution in [0.15, 0.2) is 24.3 Å². The normalized spacial score (nSPS) is 21.5. The van der Waals surface area contributed by atoms with Crippen molar-refractivity contribution in [2.24, 2.45) is 0 Å². The highest BCUT2D eigenvalue weighted by atomic mass is 31.0. The minimum atomic E-state index is -0.738. The van der Waals surface area contributed by atoms with Crippen LogP contribution in [0.1, 0.15) is 18.4 Å². The Morgan fingerprint density at radius 3 is 2.47 bits per heavy atom. The van der Waals surface area contributed by atoms with E-state index in [0.717, 1.165) is 31.5 Å². The minimum absolute atomic E-state index is 0.692. The number of hydrogen-bond acceptors (Lipinski definition) is 3. The van der Waals surface area contributed by atoms with E-state index in [0.29, 0.717) is 5.69 Å². The van der Waals surface area contributed by atoms with Gasteiger partial charge < -0.3 is 10.8 Å². The molecule has 0 radical (unpaired) electrons. The molecule has 1 saturated heterocycles. The third kappa shape index (κ3) is 2.15. The zero-order chi connectivity index (χ0) is 10.9. The van der Waals surface area contributed by atoms with Gasteiger partial charge in [0.15, 0.2) is 0 Å². The fraction of sp³-hybridized carbons (Fsp3) is 0.455. The molecule has 82 valence electrons. The van der Waals surface area contributed by atoms with Crippen molar-refractivity contribution >= 4 is 15.1 Å². The monoisotopic (exact) mass is 224 g/mol. The summed E-state index contributed by atoms with van der Waals surface area (Å²) in [5.41, 5.74) is 6.72. The van der Waals surface area contributed by atoms with Gasteiger partial charge in [0.05, 0.1) is 5.60 Å². The van der Waals surface area contributed by atoms with Crippen molar-refractivity contribution in [2.45, 2.75) is 18.4 Å². The molecule has 0 spiro atoms. The molecule has 0 aromatic heterocycles. The number of rotatable bonds is 1. The third-order valence-electron chi connectivity index (χ3n) is 3.09. The van der Waals surface area contributed by atoms with E-state index in [1.54, 1.807) is 0 Å². The molecule has 1 aliphatic heterocycles. The fourth-order valence-corrected chi connectivity index (χ4v) is 2.34. The molecule has 1 fully saturated rings.